The molecule has 1 unspecified atom stereocenters. The number of thioether (sulfide) groups is 1. The molecule has 0 saturated heterocycles. The zero-order valence-electron chi connectivity index (χ0n) is 11.0. The highest BCUT2D eigenvalue weighted by Gasteiger charge is 2.15. The summed E-state index contributed by atoms with van der Waals surface area (Å²) in [6, 6.07) is 5.99. The molecule has 2 N–H and O–H groups in total. The second-order valence-electron chi connectivity index (χ2n) is 3.90. The van der Waals surface area contributed by atoms with Gasteiger partial charge in [-0.3, -0.25) is 4.79 Å². The van der Waals surface area contributed by atoms with E-state index in [2.05, 4.69) is 10.1 Å². The van der Waals surface area contributed by atoms with Crippen LogP contribution in [0.2, 0.25) is 0 Å². The number of halogens is 1. The fourth-order valence-electron chi connectivity index (χ4n) is 1.31. The van der Waals surface area contributed by atoms with E-state index in [9.17, 15) is 19.1 Å². The van der Waals surface area contributed by atoms with Crippen molar-refractivity contribution in [3.05, 3.63) is 30.1 Å². The summed E-state index contributed by atoms with van der Waals surface area (Å²) in [5.41, 5.74) is 0. The first-order chi connectivity index (χ1) is 9.52. The lowest BCUT2D eigenvalue weighted by Gasteiger charge is -2.09. The maximum Gasteiger partial charge on any atom is 0.336 e. The summed E-state index contributed by atoms with van der Waals surface area (Å²) in [6.07, 6.45) is -1.12. The molecule has 110 valence electrons. The number of rotatable bonds is 7. The van der Waals surface area contributed by atoms with Crippen LogP contribution in [0.4, 0.5) is 4.39 Å². The average molecular weight is 301 g/mol. The SMILES string of the molecule is COC(=O)C(O)CNC(=O)CCSc1ccc(F)cc1. The third-order valence-electron chi connectivity index (χ3n) is 2.38. The fraction of sp³-hybridized carbons (Fsp3) is 0.385. The Balaban J connectivity index is 2.20. The van der Waals surface area contributed by atoms with E-state index in [1.54, 1.807) is 12.1 Å². The molecule has 0 fully saturated rings. The number of carbonyl (C=O) groups is 2. The normalized spacial score (nSPS) is 11.8. The van der Waals surface area contributed by atoms with Gasteiger partial charge in [0.25, 0.3) is 0 Å². The second-order valence-corrected chi connectivity index (χ2v) is 5.06. The molecule has 1 rings (SSSR count). The lowest BCUT2D eigenvalue weighted by Crippen LogP contribution is -2.37. The first kappa shape index (κ1) is 16.5. The van der Waals surface area contributed by atoms with Crippen LogP contribution in [0.3, 0.4) is 0 Å². The largest absolute Gasteiger partial charge is 0.467 e. The fourth-order valence-corrected chi connectivity index (χ4v) is 2.16. The van der Waals surface area contributed by atoms with Crippen molar-refractivity contribution >= 4 is 23.6 Å². The van der Waals surface area contributed by atoms with E-state index in [0.29, 0.717) is 5.75 Å². The summed E-state index contributed by atoms with van der Waals surface area (Å²) in [5, 5.41) is 11.7. The van der Waals surface area contributed by atoms with Gasteiger partial charge in [-0.2, -0.15) is 0 Å². The highest BCUT2D eigenvalue weighted by molar-refractivity contribution is 7.99. The minimum atomic E-state index is -1.35. The molecule has 0 aliphatic rings. The number of aliphatic hydroxyl groups excluding tert-OH is 1. The molecule has 1 aromatic carbocycles. The van der Waals surface area contributed by atoms with Crippen LogP contribution in [0.5, 0.6) is 0 Å². The van der Waals surface area contributed by atoms with Crippen molar-refractivity contribution in [2.75, 3.05) is 19.4 Å². The van der Waals surface area contributed by atoms with Crippen molar-refractivity contribution in [1.29, 1.82) is 0 Å². The Morgan fingerprint density at radius 2 is 2.05 bits per heavy atom. The highest BCUT2D eigenvalue weighted by atomic mass is 32.2. The monoisotopic (exact) mass is 301 g/mol. The van der Waals surface area contributed by atoms with Crippen LogP contribution >= 0.6 is 11.8 Å². The van der Waals surface area contributed by atoms with E-state index in [1.165, 1.54) is 23.9 Å². The minimum Gasteiger partial charge on any atom is -0.467 e. The first-order valence-electron chi connectivity index (χ1n) is 5.94. The molecule has 0 aromatic heterocycles. The molecular formula is C13H16FNO4S. The molecule has 1 atom stereocenters. The van der Waals surface area contributed by atoms with Gasteiger partial charge in [-0.25, -0.2) is 9.18 Å². The van der Waals surface area contributed by atoms with Crippen LogP contribution in [0, 0.1) is 5.82 Å². The molecule has 0 aliphatic carbocycles. The minimum absolute atomic E-state index is 0.174. The van der Waals surface area contributed by atoms with Crippen molar-refractivity contribution in [3.63, 3.8) is 0 Å². The summed E-state index contributed by atoms with van der Waals surface area (Å²) in [5.74, 6) is -0.844. The zero-order valence-corrected chi connectivity index (χ0v) is 11.8. The van der Waals surface area contributed by atoms with Gasteiger partial charge in [-0.05, 0) is 24.3 Å². The van der Waals surface area contributed by atoms with Crippen LogP contribution in [-0.4, -0.2) is 42.5 Å². The molecule has 0 heterocycles. The number of carbonyl (C=O) groups excluding carboxylic acids is 2. The molecule has 1 amide bonds. The van der Waals surface area contributed by atoms with Crippen LogP contribution in [0.1, 0.15) is 6.42 Å². The molecule has 5 nitrogen and oxygen atoms in total. The van der Waals surface area contributed by atoms with Crippen LogP contribution < -0.4 is 5.32 Å². The van der Waals surface area contributed by atoms with E-state index in [1.807, 2.05) is 0 Å². The van der Waals surface area contributed by atoms with Crippen LogP contribution in [0.25, 0.3) is 0 Å². The van der Waals surface area contributed by atoms with Gasteiger partial charge in [-0.15, -0.1) is 11.8 Å². The molecule has 20 heavy (non-hydrogen) atoms. The van der Waals surface area contributed by atoms with Gasteiger partial charge in [0.05, 0.1) is 13.7 Å². The average Bonchev–Trinajstić information content (AvgIpc) is 2.46. The topological polar surface area (TPSA) is 75.6 Å². The lowest BCUT2D eigenvalue weighted by atomic mass is 10.3. The number of ether oxygens (including phenoxy) is 1. The first-order valence-corrected chi connectivity index (χ1v) is 6.92. The van der Waals surface area contributed by atoms with Crippen molar-refractivity contribution < 1.29 is 23.8 Å². The number of esters is 1. The smallest absolute Gasteiger partial charge is 0.336 e. The summed E-state index contributed by atoms with van der Waals surface area (Å²) in [4.78, 5) is 23.2. The van der Waals surface area contributed by atoms with Gasteiger partial charge in [0, 0.05) is 17.1 Å². The zero-order chi connectivity index (χ0) is 15.0. The third kappa shape index (κ3) is 6.03. The van der Waals surface area contributed by atoms with Gasteiger partial charge in [0.15, 0.2) is 6.10 Å². The molecule has 0 saturated carbocycles. The van der Waals surface area contributed by atoms with Gasteiger partial charge < -0.3 is 15.2 Å². The number of methoxy groups -OCH3 is 1. The molecule has 0 aliphatic heterocycles. The molecule has 7 heteroatoms. The number of hydrogen-bond donors (Lipinski definition) is 2. The molecule has 1 aromatic rings. The Bertz CT molecular complexity index is 452. The second kappa shape index (κ2) is 8.55. The van der Waals surface area contributed by atoms with E-state index >= 15 is 0 Å². The Kier molecular flexibility index (Phi) is 7.03. The summed E-state index contributed by atoms with van der Waals surface area (Å²) in [7, 11) is 1.16. The molecule has 0 spiro atoms. The number of amides is 1. The van der Waals surface area contributed by atoms with Gasteiger partial charge in [0.2, 0.25) is 5.91 Å². The Morgan fingerprint density at radius 3 is 2.65 bits per heavy atom. The maximum atomic E-state index is 12.7. The molecular weight excluding hydrogens is 285 g/mol. The van der Waals surface area contributed by atoms with E-state index in [0.717, 1.165) is 12.0 Å². The Morgan fingerprint density at radius 1 is 1.40 bits per heavy atom. The highest BCUT2D eigenvalue weighted by Crippen LogP contribution is 2.18. The third-order valence-corrected chi connectivity index (χ3v) is 3.39. The summed E-state index contributed by atoms with van der Waals surface area (Å²) in [6.45, 7) is -0.174. The van der Waals surface area contributed by atoms with Gasteiger partial charge >= 0.3 is 5.97 Å². The quantitative estimate of drug-likeness (QED) is 0.579. The number of benzene rings is 1. The lowest BCUT2D eigenvalue weighted by molar-refractivity contribution is -0.150. The van der Waals surface area contributed by atoms with Crippen molar-refractivity contribution in [2.45, 2.75) is 17.4 Å². The number of nitrogens with one attached hydrogen (secondary N) is 1. The molecule has 0 bridgehead atoms. The number of aliphatic hydroxyl groups is 1. The maximum absolute atomic E-state index is 12.7. The van der Waals surface area contributed by atoms with E-state index < -0.39 is 12.1 Å². The van der Waals surface area contributed by atoms with Crippen LogP contribution in [-0.2, 0) is 14.3 Å². The van der Waals surface area contributed by atoms with E-state index in [4.69, 9.17) is 0 Å². The van der Waals surface area contributed by atoms with Crippen molar-refractivity contribution in [2.24, 2.45) is 0 Å². The van der Waals surface area contributed by atoms with Gasteiger partial charge in [-0.1, -0.05) is 0 Å². The Hall–Kier alpha value is -1.60. The van der Waals surface area contributed by atoms with Crippen molar-refractivity contribution in [1.82, 2.24) is 5.32 Å². The summed E-state index contributed by atoms with van der Waals surface area (Å²) >= 11 is 1.42. The van der Waals surface area contributed by atoms with Crippen molar-refractivity contribution in [3.8, 4) is 0 Å². The molecule has 0 radical (unpaired) electrons. The van der Waals surface area contributed by atoms with Gasteiger partial charge in [0.1, 0.15) is 5.82 Å². The number of hydrogen-bond acceptors (Lipinski definition) is 5. The standard InChI is InChI=1S/C13H16FNO4S/c1-19-13(18)11(16)8-15-12(17)6-7-20-10-4-2-9(14)3-5-10/h2-5,11,16H,6-8H2,1H3,(H,15,17). The van der Waals surface area contributed by atoms with Crippen LogP contribution in [0.15, 0.2) is 29.2 Å². The summed E-state index contributed by atoms with van der Waals surface area (Å²) < 4.78 is 17.0. The predicted octanol–water partition coefficient (Wildman–Crippen LogP) is 0.958. The van der Waals surface area contributed by atoms with E-state index in [-0.39, 0.29) is 24.7 Å². The predicted molar refractivity (Wildman–Crippen MR) is 72.8 cm³/mol. The Labute approximate surface area is 120 Å².